The van der Waals surface area contributed by atoms with E-state index in [2.05, 4.69) is 0 Å². The summed E-state index contributed by atoms with van der Waals surface area (Å²) in [6, 6.07) is 12.9. The second kappa shape index (κ2) is 6.18. The van der Waals surface area contributed by atoms with Gasteiger partial charge in [-0.1, -0.05) is 6.07 Å². The quantitative estimate of drug-likeness (QED) is 0.929. The van der Waals surface area contributed by atoms with E-state index in [0.717, 1.165) is 0 Å². The average Bonchev–Trinajstić information content (AvgIpc) is 2.45. The van der Waals surface area contributed by atoms with Gasteiger partial charge in [-0.25, -0.2) is 4.39 Å². The topological polar surface area (TPSA) is 53.2 Å². The Kier molecular flexibility index (Phi) is 4.34. The summed E-state index contributed by atoms with van der Waals surface area (Å²) in [6.07, 6.45) is -0.828. The Labute approximate surface area is 116 Å². The zero-order valence-electron chi connectivity index (χ0n) is 11.0. The van der Waals surface area contributed by atoms with Gasteiger partial charge in [0.25, 0.3) is 0 Å². The molecule has 4 heteroatoms. The summed E-state index contributed by atoms with van der Waals surface area (Å²) in [6.45, 7) is 1.81. The number of rotatable bonds is 4. The molecule has 0 saturated heterocycles. The molecule has 2 aromatic carbocycles. The van der Waals surface area contributed by atoms with E-state index in [4.69, 9.17) is 10.00 Å². The van der Waals surface area contributed by atoms with Crippen molar-refractivity contribution in [2.45, 2.75) is 13.0 Å². The average molecular weight is 271 g/mol. The van der Waals surface area contributed by atoms with Crippen molar-refractivity contribution in [3.05, 3.63) is 65.0 Å². The lowest BCUT2D eigenvalue weighted by Crippen LogP contribution is -2.11. The number of nitriles is 1. The van der Waals surface area contributed by atoms with Gasteiger partial charge in [0, 0.05) is 0 Å². The van der Waals surface area contributed by atoms with Crippen LogP contribution in [0.3, 0.4) is 0 Å². The van der Waals surface area contributed by atoms with Gasteiger partial charge in [0.05, 0.1) is 11.6 Å². The third-order valence-electron chi connectivity index (χ3n) is 2.98. The molecule has 2 rings (SSSR count). The van der Waals surface area contributed by atoms with Gasteiger partial charge >= 0.3 is 0 Å². The highest BCUT2D eigenvalue weighted by Gasteiger charge is 2.11. The Balaban J connectivity index is 2.01. The summed E-state index contributed by atoms with van der Waals surface area (Å²) < 4.78 is 18.4. The van der Waals surface area contributed by atoms with Crippen molar-refractivity contribution in [1.82, 2.24) is 0 Å². The number of aliphatic hydroxyl groups is 1. The Morgan fingerprint density at radius 3 is 2.55 bits per heavy atom. The molecule has 0 amide bonds. The van der Waals surface area contributed by atoms with Gasteiger partial charge in [-0.15, -0.1) is 0 Å². The third kappa shape index (κ3) is 3.34. The molecule has 1 N–H and O–H groups in total. The first-order valence-corrected chi connectivity index (χ1v) is 6.17. The molecule has 0 aliphatic carbocycles. The monoisotopic (exact) mass is 271 g/mol. The summed E-state index contributed by atoms with van der Waals surface area (Å²) in [4.78, 5) is 0. The smallest absolute Gasteiger partial charge is 0.123 e. The van der Waals surface area contributed by atoms with Gasteiger partial charge in [0.15, 0.2) is 0 Å². The zero-order chi connectivity index (χ0) is 14.5. The van der Waals surface area contributed by atoms with Crippen LogP contribution in [-0.4, -0.2) is 11.7 Å². The van der Waals surface area contributed by atoms with Crippen molar-refractivity contribution < 1.29 is 14.2 Å². The molecule has 1 atom stereocenters. The van der Waals surface area contributed by atoms with Crippen molar-refractivity contribution in [3.8, 4) is 11.8 Å². The van der Waals surface area contributed by atoms with Crippen molar-refractivity contribution in [2.75, 3.05) is 6.61 Å². The van der Waals surface area contributed by atoms with E-state index < -0.39 is 6.10 Å². The molecule has 0 heterocycles. The Morgan fingerprint density at radius 1 is 1.25 bits per heavy atom. The normalized spacial score (nSPS) is 11.7. The van der Waals surface area contributed by atoms with Crippen LogP contribution in [0.1, 0.15) is 22.8 Å². The summed E-state index contributed by atoms with van der Waals surface area (Å²) in [5.41, 5.74) is 1.87. The van der Waals surface area contributed by atoms with Crippen LogP contribution < -0.4 is 4.74 Å². The lowest BCUT2D eigenvalue weighted by Gasteiger charge is -2.15. The summed E-state index contributed by atoms with van der Waals surface area (Å²) >= 11 is 0. The van der Waals surface area contributed by atoms with Gasteiger partial charge in [0.1, 0.15) is 24.3 Å². The predicted octanol–water partition coefficient (Wildman–Crippen LogP) is 3.12. The Hall–Kier alpha value is -2.38. The lowest BCUT2D eigenvalue weighted by molar-refractivity contribution is 0.107. The molecule has 102 valence electrons. The molecular weight excluding hydrogens is 257 g/mol. The number of aryl methyl sites for hydroxylation is 1. The van der Waals surface area contributed by atoms with Crippen molar-refractivity contribution in [3.63, 3.8) is 0 Å². The van der Waals surface area contributed by atoms with Crippen molar-refractivity contribution in [1.29, 1.82) is 5.26 Å². The van der Waals surface area contributed by atoms with E-state index >= 15 is 0 Å². The first kappa shape index (κ1) is 14.0. The highest BCUT2D eigenvalue weighted by molar-refractivity contribution is 5.34. The number of hydrogen-bond acceptors (Lipinski definition) is 3. The molecule has 20 heavy (non-hydrogen) atoms. The van der Waals surface area contributed by atoms with Crippen LogP contribution in [0.5, 0.6) is 5.75 Å². The fourth-order valence-electron chi connectivity index (χ4n) is 1.90. The summed E-state index contributed by atoms with van der Waals surface area (Å²) in [5, 5.41) is 18.7. The number of nitrogens with zero attached hydrogens (tertiary/aromatic N) is 1. The van der Waals surface area contributed by atoms with E-state index in [1.807, 2.05) is 6.07 Å². The van der Waals surface area contributed by atoms with Gasteiger partial charge in [-0.3, -0.25) is 0 Å². The minimum absolute atomic E-state index is 0.0678. The highest BCUT2D eigenvalue weighted by atomic mass is 19.1. The number of ether oxygens (including phenoxy) is 1. The van der Waals surface area contributed by atoms with Crippen molar-refractivity contribution in [2.24, 2.45) is 0 Å². The molecule has 1 unspecified atom stereocenters. The van der Waals surface area contributed by atoms with Crippen LogP contribution in [-0.2, 0) is 0 Å². The molecule has 0 aliphatic rings. The van der Waals surface area contributed by atoms with E-state index in [1.165, 1.54) is 12.1 Å². The van der Waals surface area contributed by atoms with Gasteiger partial charge < -0.3 is 9.84 Å². The summed E-state index contributed by atoms with van der Waals surface area (Å²) in [5.74, 6) is 0.245. The maximum atomic E-state index is 13.0. The highest BCUT2D eigenvalue weighted by Crippen LogP contribution is 2.20. The minimum Gasteiger partial charge on any atom is -0.491 e. The van der Waals surface area contributed by atoms with Crippen LogP contribution >= 0.6 is 0 Å². The minimum atomic E-state index is -0.828. The number of hydrogen-bond donors (Lipinski definition) is 1. The molecule has 0 aliphatic heterocycles. The molecule has 0 radical (unpaired) electrons. The van der Waals surface area contributed by atoms with Crippen LogP contribution in [0.2, 0.25) is 0 Å². The van der Waals surface area contributed by atoms with Crippen LogP contribution in [0, 0.1) is 24.1 Å². The maximum Gasteiger partial charge on any atom is 0.123 e. The van der Waals surface area contributed by atoms with Gasteiger partial charge in [-0.05, 0) is 54.4 Å². The molecule has 3 nitrogen and oxygen atoms in total. The number of halogens is 1. The molecule has 0 saturated carbocycles. The fourth-order valence-corrected chi connectivity index (χ4v) is 1.90. The van der Waals surface area contributed by atoms with E-state index in [0.29, 0.717) is 22.4 Å². The first-order valence-electron chi connectivity index (χ1n) is 6.17. The molecule has 0 bridgehead atoms. The predicted molar refractivity (Wildman–Crippen MR) is 72.7 cm³/mol. The zero-order valence-corrected chi connectivity index (χ0v) is 11.0. The first-order chi connectivity index (χ1) is 9.60. The molecule has 0 spiro atoms. The molecule has 2 aromatic rings. The van der Waals surface area contributed by atoms with Crippen molar-refractivity contribution >= 4 is 0 Å². The Bertz CT molecular complexity index is 632. The van der Waals surface area contributed by atoms with Gasteiger partial charge in [0.2, 0.25) is 0 Å². The SMILES string of the molecule is Cc1cc(F)ccc1C(O)COc1ccc(C#N)cc1. The third-order valence-corrected chi connectivity index (χ3v) is 2.98. The van der Waals surface area contributed by atoms with E-state index in [1.54, 1.807) is 37.3 Å². The van der Waals surface area contributed by atoms with Crippen LogP contribution in [0.15, 0.2) is 42.5 Å². The molecular formula is C16H14FNO2. The summed E-state index contributed by atoms with van der Waals surface area (Å²) in [7, 11) is 0. The standard InChI is InChI=1S/C16H14FNO2/c1-11-8-13(17)4-7-15(11)16(19)10-20-14-5-2-12(9-18)3-6-14/h2-8,16,19H,10H2,1H3. The Morgan fingerprint density at radius 2 is 1.95 bits per heavy atom. The van der Waals surface area contributed by atoms with Crippen LogP contribution in [0.4, 0.5) is 4.39 Å². The molecule has 0 aromatic heterocycles. The largest absolute Gasteiger partial charge is 0.491 e. The van der Waals surface area contributed by atoms with Crippen LogP contribution in [0.25, 0.3) is 0 Å². The fraction of sp³-hybridized carbons (Fsp3) is 0.188. The maximum absolute atomic E-state index is 13.0. The van der Waals surface area contributed by atoms with E-state index in [-0.39, 0.29) is 12.4 Å². The van der Waals surface area contributed by atoms with E-state index in [9.17, 15) is 9.50 Å². The molecule has 0 fully saturated rings. The number of benzene rings is 2. The number of aliphatic hydroxyl groups excluding tert-OH is 1. The second-order valence-corrected chi connectivity index (χ2v) is 4.46. The lowest BCUT2D eigenvalue weighted by atomic mass is 10.0. The van der Waals surface area contributed by atoms with Gasteiger partial charge in [-0.2, -0.15) is 5.26 Å². The second-order valence-electron chi connectivity index (χ2n) is 4.46.